The van der Waals surface area contributed by atoms with E-state index in [2.05, 4.69) is 41.9 Å². The standard InChI is InChI=1S/C45H63N11O14/c1-4-22(2)36(44(69)70)55-42(67)32(19-25-21-50-29-10-6-5-8-27(25)29)54-43(68)37(23(3)57)56-39(64)30(15-16-34(59)60)51-41(66)33(20-35(61)62)53-40(65)31(18-24-11-13-26(58)14-12-24)52-38(63)28(46)9-7-17-49-45(47)48/h5-6,8,10-14,21-23,28,30-33,36-37,50,57-58H,4,7,9,15-20,46H2,1-3H3,(H,51,66)(H,52,63)(H,53,65)(H,54,68)(H,55,67)(H,56,64)(H,59,60)(H,61,62)(H,69,70)(H4,47,48,49)/t22-,23+,28-,30-,31-,32-,33-,36-,37-/m0/s1. The number of hydrogen-bond donors (Lipinski definition) is 15. The summed E-state index contributed by atoms with van der Waals surface area (Å²) < 4.78 is 0. The summed E-state index contributed by atoms with van der Waals surface area (Å²) in [4.78, 5) is 125. The van der Waals surface area contributed by atoms with E-state index < -0.39 is 127 Å². The number of H-pyrrole nitrogens is 1. The Morgan fingerprint density at radius 3 is 1.83 bits per heavy atom. The number of carbonyl (C=O) groups is 9. The van der Waals surface area contributed by atoms with E-state index in [4.69, 9.17) is 17.2 Å². The third-order valence-electron chi connectivity index (χ3n) is 11.2. The smallest absolute Gasteiger partial charge is 0.326 e. The topological polar surface area (TPSA) is 433 Å². The molecule has 2 aromatic carbocycles. The summed E-state index contributed by atoms with van der Waals surface area (Å²) in [5.74, 6) is -11.7. The largest absolute Gasteiger partial charge is 0.508 e. The summed E-state index contributed by atoms with van der Waals surface area (Å²) in [6.07, 6.45) is -2.37. The molecule has 0 spiro atoms. The molecule has 0 saturated carbocycles. The molecule has 0 aliphatic carbocycles. The van der Waals surface area contributed by atoms with Crippen molar-refractivity contribution in [2.24, 2.45) is 28.1 Å². The zero-order valence-electron chi connectivity index (χ0n) is 38.8. The Kier molecular flexibility index (Phi) is 22.0. The minimum atomic E-state index is -1.97. The summed E-state index contributed by atoms with van der Waals surface area (Å²) in [5.41, 5.74) is 18.3. The number of benzene rings is 2. The molecular formula is C45H63N11O14. The number of aromatic hydroxyl groups is 1. The second-order valence-corrected chi connectivity index (χ2v) is 16.7. The molecule has 0 saturated heterocycles. The van der Waals surface area contributed by atoms with Crippen molar-refractivity contribution < 1.29 is 68.7 Å². The van der Waals surface area contributed by atoms with Crippen molar-refractivity contribution in [1.29, 1.82) is 0 Å². The lowest BCUT2D eigenvalue weighted by Crippen LogP contribution is -2.62. The number of aliphatic hydroxyl groups excluding tert-OH is 1. The molecule has 9 atom stereocenters. The number of nitrogens with zero attached hydrogens (tertiary/aromatic N) is 1. The molecule has 0 aliphatic rings. The zero-order chi connectivity index (χ0) is 52.2. The van der Waals surface area contributed by atoms with Crippen LogP contribution in [0.1, 0.15) is 70.4 Å². The van der Waals surface area contributed by atoms with Crippen LogP contribution in [0.4, 0.5) is 0 Å². The van der Waals surface area contributed by atoms with Crippen LogP contribution in [0, 0.1) is 5.92 Å². The number of guanidine groups is 1. The number of carboxylic acids is 3. The van der Waals surface area contributed by atoms with Gasteiger partial charge in [-0.2, -0.15) is 0 Å². The van der Waals surface area contributed by atoms with Gasteiger partial charge in [-0.1, -0.05) is 50.6 Å². The number of carbonyl (C=O) groups excluding carboxylic acids is 6. The van der Waals surface area contributed by atoms with E-state index in [9.17, 15) is 68.7 Å². The third-order valence-corrected chi connectivity index (χ3v) is 11.2. The number of nitrogens with one attached hydrogen (secondary N) is 7. The Hall–Kier alpha value is -7.80. The monoisotopic (exact) mass is 981 g/mol. The maximum atomic E-state index is 14.0. The highest BCUT2D eigenvalue weighted by Crippen LogP contribution is 2.20. The Morgan fingerprint density at radius 1 is 0.671 bits per heavy atom. The van der Waals surface area contributed by atoms with E-state index in [0.717, 1.165) is 6.92 Å². The van der Waals surface area contributed by atoms with Crippen LogP contribution in [0.25, 0.3) is 10.9 Å². The molecule has 0 unspecified atom stereocenters. The second kappa shape index (κ2) is 27.3. The van der Waals surface area contributed by atoms with Crippen molar-refractivity contribution in [1.82, 2.24) is 36.9 Å². The Morgan fingerprint density at radius 2 is 1.23 bits per heavy atom. The van der Waals surface area contributed by atoms with Gasteiger partial charge in [-0.25, -0.2) is 4.79 Å². The van der Waals surface area contributed by atoms with Crippen molar-refractivity contribution in [2.45, 2.75) is 121 Å². The van der Waals surface area contributed by atoms with Crippen molar-refractivity contribution in [3.8, 4) is 5.75 Å². The number of amides is 6. The fourth-order valence-corrected chi connectivity index (χ4v) is 7.06. The van der Waals surface area contributed by atoms with Crippen molar-refractivity contribution in [3.05, 3.63) is 65.9 Å². The highest BCUT2D eigenvalue weighted by atomic mass is 16.4. The minimum Gasteiger partial charge on any atom is -0.508 e. The lowest BCUT2D eigenvalue weighted by molar-refractivity contribution is -0.144. The van der Waals surface area contributed by atoms with Gasteiger partial charge in [0.1, 0.15) is 42.0 Å². The number of aromatic amines is 1. The van der Waals surface area contributed by atoms with Gasteiger partial charge in [0.15, 0.2) is 5.96 Å². The van der Waals surface area contributed by atoms with Gasteiger partial charge in [-0.15, -0.1) is 0 Å². The third kappa shape index (κ3) is 18.0. The number of aliphatic imine (C=N–C) groups is 1. The van der Waals surface area contributed by atoms with Crippen LogP contribution >= 0.6 is 0 Å². The molecule has 0 bridgehead atoms. The van der Waals surface area contributed by atoms with Crippen molar-refractivity contribution >= 4 is 70.2 Å². The van der Waals surface area contributed by atoms with Crippen molar-refractivity contribution in [2.75, 3.05) is 6.54 Å². The molecule has 382 valence electrons. The van der Waals surface area contributed by atoms with E-state index in [-0.39, 0.29) is 43.9 Å². The summed E-state index contributed by atoms with van der Waals surface area (Å²) in [6.45, 7) is 4.59. The number of carboxylic acid groups (broad SMARTS) is 3. The number of phenols is 1. The molecule has 0 aliphatic heterocycles. The highest BCUT2D eigenvalue weighted by molar-refractivity contribution is 5.98. The summed E-state index contributed by atoms with van der Waals surface area (Å²) in [7, 11) is 0. The van der Waals surface area contributed by atoms with E-state index >= 15 is 0 Å². The first-order valence-electron chi connectivity index (χ1n) is 22.3. The fraction of sp³-hybridized carbons (Fsp3) is 0.467. The lowest BCUT2D eigenvalue weighted by Gasteiger charge is -2.28. The van der Waals surface area contributed by atoms with Gasteiger partial charge < -0.3 is 79.6 Å². The van der Waals surface area contributed by atoms with Gasteiger partial charge in [0, 0.05) is 42.9 Å². The van der Waals surface area contributed by atoms with Gasteiger partial charge in [0.2, 0.25) is 35.4 Å². The predicted octanol–water partition coefficient (Wildman–Crippen LogP) is -2.20. The molecule has 1 aromatic heterocycles. The number of para-hydroxylation sites is 1. The Labute approximate surface area is 401 Å². The van der Waals surface area contributed by atoms with E-state index in [1.54, 1.807) is 44.3 Å². The number of aliphatic carboxylic acids is 3. The highest BCUT2D eigenvalue weighted by Gasteiger charge is 2.37. The van der Waals surface area contributed by atoms with Crippen LogP contribution in [0.5, 0.6) is 5.75 Å². The van der Waals surface area contributed by atoms with Gasteiger partial charge in [-0.3, -0.25) is 43.3 Å². The molecule has 6 amide bonds. The average Bonchev–Trinajstić information content (AvgIpc) is 3.71. The summed E-state index contributed by atoms with van der Waals surface area (Å²) >= 11 is 0. The van der Waals surface area contributed by atoms with Crippen LogP contribution in [0.3, 0.4) is 0 Å². The predicted molar refractivity (Wildman–Crippen MR) is 251 cm³/mol. The normalized spacial score (nSPS) is 14.9. The molecule has 25 heteroatoms. The molecule has 3 aromatic rings. The number of rotatable bonds is 29. The van der Waals surface area contributed by atoms with E-state index in [1.807, 2.05) is 0 Å². The van der Waals surface area contributed by atoms with E-state index in [0.29, 0.717) is 28.5 Å². The average molecular weight is 982 g/mol. The van der Waals surface area contributed by atoms with E-state index in [1.165, 1.54) is 24.3 Å². The summed E-state index contributed by atoms with van der Waals surface area (Å²) in [6, 6.07) is 1.26. The zero-order valence-corrected chi connectivity index (χ0v) is 38.8. The number of aromatic nitrogens is 1. The lowest BCUT2D eigenvalue weighted by atomic mass is 9.97. The Bertz CT molecular complexity index is 2350. The first-order chi connectivity index (χ1) is 33.0. The van der Waals surface area contributed by atoms with Crippen LogP contribution in [-0.2, 0) is 56.0 Å². The van der Waals surface area contributed by atoms with Crippen LogP contribution < -0.4 is 49.1 Å². The SMILES string of the molecule is CC[C@H](C)[C@H](NC(=O)[C@H](Cc1c[nH]c2ccccc12)NC(=O)[C@@H](NC(=O)[C@H](CCC(=O)O)NC(=O)[C@H](CC(=O)O)NC(=O)[C@H](Cc1ccc(O)cc1)NC(=O)[C@@H](N)CCCN=C(N)N)[C@@H](C)O)C(=O)O. The molecule has 0 fully saturated rings. The van der Waals surface area contributed by atoms with Gasteiger partial charge >= 0.3 is 17.9 Å². The number of nitrogens with two attached hydrogens (primary N) is 3. The first-order valence-corrected chi connectivity index (χ1v) is 22.3. The quantitative estimate of drug-likeness (QED) is 0.0199. The molecule has 70 heavy (non-hydrogen) atoms. The molecule has 18 N–H and O–H groups in total. The molecule has 1 heterocycles. The maximum absolute atomic E-state index is 14.0. The van der Waals surface area contributed by atoms with Gasteiger partial charge in [0.25, 0.3) is 0 Å². The maximum Gasteiger partial charge on any atom is 0.326 e. The minimum absolute atomic E-state index is 0.0735. The second-order valence-electron chi connectivity index (χ2n) is 16.7. The van der Waals surface area contributed by atoms with Crippen LogP contribution in [0.15, 0.2) is 59.7 Å². The number of aliphatic hydroxyl groups is 1. The van der Waals surface area contributed by atoms with Crippen molar-refractivity contribution in [3.63, 3.8) is 0 Å². The van der Waals surface area contributed by atoms with Crippen LogP contribution in [0.2, 0.25) is 0 Å². The number of phenolic OH excluding ortho intramolecular Hbond substituents is 1. The van der Waals surface area contributed by atoms with Gasteiger partial charge in [0.05, 0.1) is 18.6 Å². The molecule has 3 rings (SSSR count). The summed E-state index contributed by atoms with van der Waals surface area (Å²) in [5, 5.41) is 64.6. The molecule has 25 nitrogen and oxygen atoms in total. The van der Waals surface area contributed by atoms with Gasteiger partial charge in [-0.05, 0) is 61.4 Å². The van der Waals surface area contributed by atoms with Crippen LogP contribution in [-0.4, -0.2) is 145 Å². The number of hydrogen-bond acceptors (Lipinski definition) is 13. The molecular weight excluding hydrogens is 919 g/mol. The Balaban J connectivity index is 1.90. The molecule has 0 radical (unpaired) electrons. The number of fused-ring (bicyclic) bond motifs is 1. The first kappa shape index (κ1) is 56.5. The fourth-order valence-electron chi connectivity index (χ4n) is 7.06.